The first kappa shape index (κ1) is 12.5. The second-order valence-electron chi connectivity index (χ2n) is 3.23. The lowest BCUT2D eigenvalue weighted by Crippen LogP contribution is -2.18. The topological polar surface area (TPSA) is 88.5 Å². The van der Waals surface area contributed by atoms with Crippen LogP contribution in [0.1, 0.15) is 16.8 Å². The van der Waals surface area contributed by atoms with E-state index in [1.807, 2.05) is 0 Å². The van der Waals surface area contributed by atoms with Gasteiger partial charge in [-0.2, -0.15) is 8.42 Å². The summed E-state index contributed by atoms with van der Waals surface area (Å²) in [5.74, 6) is -2.31. The average molecular weight is 242 g/mol. The molecule has 0 heterocycles. The van der Waals surface area contributed by atoms with Gasteiger partial charge < -0.3 is 0 Å². The van der Waals surface area contributed by atoms with Crippen molar-refractivity contribution in [3.8, 4) is 0 Å². The maximum absolute atomic E-state index is 11.4. The first-order chi connectivity index (χ1) is 7.38. The Kier molecular flexibility index (Phi) is 3.92. The number of Topliss-reactive ketones (excluding diaryl/α,β-unsaturated/α-hetero) is 2. The zero-order chi connectivity index (χ0) is 12.2. The number of rotatable bonds is 5. The van der Waals surface area contributed by atoms with Crippen LogP contribution < -0.4 is 0 Å². The molecular formula is C10H10O5S. The molecule has 0 saturated carbocycles. The highest BCUT2D eigenvalue weighted by molar-refractivity contribution is 7.86. The van der Waals surface area contributed by atoms with Crippen LogP contribution in [0, 0.1) is 0 Å². The first-order valence-electron chi connectivity index (χ1n) is 4.43. The predicted octanol–water partition coefficient (Wildman–Crippen LogP) is 0.716. The molecule has 1 aromatic carbocycles. The highest BCUT2D eigenvalue weighted by Crippen LogP contribution is 2.04. The molecule has 0 unspecified atom stereocenters. The summed E-state index contributed by atoms with van der Waals surface area (Å²) < 4.78 is 29.2. The number of carbonyl (C=O) groups excluding carboxylic acids is 2. The van der Waals surface area contributed by atoms with E-state index in [2.05, 4.69) is 0 Å². The normalized spacial score (nSPS) is 11.1. The molecule has 6 heteroatoms. The molecule has 0 aliphatic heterocycles. The van der Waals surface area contributed by atoms with Crippen molar-refractivity contribution in [2.75, 3.05) is 5.75 Å². The lowest BCUT2D eigenvalue weighted by atomic mass is 10.1. The van der Waals surface area contributed by atoms with Gasteiger partial charge in [0.05, 0.1) is 6.42 Å². The Balaban J connectivity index is 2.63. The second kappa shape index (κ2) is 5.00. The summed E-state index contributed by atoms with van der Waals surface area (Å²) in [4.78, 5) is 22.5. The van der Waals surface area contributed by atoms with Gasteiger partial charge in [-0.3, -0.25) is 14.1 Å². The zero-order valence-electron chi connectivity index (χ0n) is 8.29. The molecule has 0 radical (unpaired) electrons. The average Bonchev–Trinajstić information content (AvgIpc) is 2.16. The summed E-state index contributed by atoms with van der Waals surface area (Å²) in [5.41, 5.74) is 0.339. The van der Waals surface area contributed by atoms with E-state index < -0.39 is 33.9 Å². The summed E-state index contributed by atoms with van der Waals surface area (Å²) in [6, 6.07) is 8.06. The molecule has 0 aliphatic carbocycles. The van der Waals surface area contributed by atoms with E-state index >= 15 is 0 Å². The van der Waals surface area contributed by atoms with Crippen LogP contribution in [-0.2, 0) is 14.9 Å². The van der Waals surface area contributed by atoms with Gasteiger partial charge >= 0.3 is 0 Å². The van der Waals surface area contributed by atoms with Gasteiger partial charge in [0.25, 0.3) is 10.1 Å². The van der Waals surface area contributed by atoms with Gasteiger partial charge in [-0.25, -0.2) is 0 Å². The standard InChI is InChI=1S/C10H10O5S/c11-9(7-16(13,14)15)6-10(12)8-4-2-1-3-5-8/h1-5H,6-7H2,(H,13,14,15). The van der Waals surface area contributed by atoms with Crippen LogP contribution in [0.5, 0.6) is 0 Å². The summed E-state index contributed by atoms with van der Waals surface area (Å²) in [7, 11) is -4.35. The Morgan fingerprint density at radius 2 is 1.69 bits per heavy atom. The first-order valence-corrected chi connectivity index (χ1v) is 6.04. The van der Waals surface area contributed by atoms with Gasteiger partial charge in [-0.05, 0) is 0 Å². The fourth-order valence-corrected chi connectivity index (χ4v) is 1.67. The predicted molar refractivity (Wildman–Crippen MR) is 56.8 cm³/mol. The molecule has 0 aromatic heterocycles. The third kappa shape index (κ3) is 4.33. The van der Waals surface area contributed by atoms with Crippen LogP contribution in [0.15, 0.2) is 30.3 Å². The van der Waals surface area contributed by atoms with E-state index in [-0.39, 0.29) is 0 Å². The molecule has 1 rings (SSSR count). The summed E-state index contributed by atoms with van der Waals surface area (Å²) >= 11 is 0. The van der Waals surface area contributed by atoms with Gasteiger partial charge in [-0.15, -0.1) is 0 Å². The number of hydrogen-bond donors (Lipinski definition) is 1. The molecule has 0 bridgehead atoms. The molecule has 1 aromatic rings. The molecule has 0 aliphatic rings. The number of benzene rings is 1. The van der Waals surface area contributed by atoms with E-state index in [9.17, 15) is 18.0 Å². The molecule has 16 heavy (non-hydrogen) atoms. The Morgan fingerprint density at radius 3 is 2.19 bits per heavy atom. The Morgan fingerprint density at radius 1 is 1.12 bits per heavy atom. The van der Waals surface area contributed by atoms with Crippen molar-refractivity contribution in [2.45, 2.75) is 6.42 Å². The Bertz CT molecular complexity index is 489. The van der Waals surface area contributed by atoms with Crippen LogP contribution in [0.3, 0.4) is 0 Å². The molecule has 0 amide bonds. The van der Waals surface area contributed by atoms with Gasteiger partial charge in [0.2, 0.25) is 0 Å². The van der Waals surface area contributed by atoms with Crippen LogP contribution in [0.4, 0.5) is 0 Å². The SMILES string of the molecule is O=C(CC(=O)c1ccccc1)CS(=O)(=O)O. The number of hydrogen-bond acceptors (Lipinski definition) is 4. The summed E-state index contributed by atoms with van der Waals surface area (Å²) in [5, 5.41) is 0. The fraction of sp³-hybridized carbons (Fsp3) is 0.200. The maximum atomic E-state index is 11.4. The van der Waals surface area contributed by atoms with Crippen molar-refractivity contribution in [1.82, 2.24) is 0 Å². The van der Waals surface area contributed by atoms with Crippen molar-refractivity contribution in [3.63, 3.8) is 0 Å². The summed E-state index contributed by atoms with van der Waals surface area (Å²) in [6.45, 7) is 0. The van der Waals surface area contributed by atoms with Crippen molar-refractivity contribution >= 4 is 21.7 Å². The van der Waals surface area contributed by atoms with E-state index in [4.69, 9.17) is 4.55 Å². The minimum Gasteiger partial charge on any atom is -0.298 e. The summed E-state index contributed by atoms with van der Waals surface area (Å²) in [6.07, 6.45) is -0.524. The maximum Gasteiger partial charge on any atom is 0.272 e. The fourth-order valence-electron chi connectivity index (χ4n) is 1.16. The molecule has 5 nitrogen and oxygen atoms in total. The van der Waals surface area contributed by atoms with Crippen LogP contribution in [-0.4, -0.2) is 30.3 Å². The van der Waals surface area contributed by atoms with Gasteiger partial charge in [0, 0.05) is 5.56 Å². The van der Waals surface area contributed by atoms with Gasteiger partial charge in [0.1, 0.15) is 5.75 Å². The Labute approximate surface area is 92.8 Å². The zero-order valence-corrected chi connectivity index (χ0v) is 9.11. The number of carbonyl (C=O) groups is 2. The van der Waals surface area contributed by atoms with E-state index in [1.54, 1.807) is 18.2 Å². The number of ketones is 2. The molecular weight excluding hydrogens is 232 g/mol. The quantitative estimate of drug-likeness (QED) is 0.467. The lowest BCUT2D eigenvalue weighted by Gasteiger charge is -1.99. The van der Waals surface area contributed by atoms with Crippen LogP contribution in [0.25, 0.3) is 0 Å². The molecule has 0 saturated heterocycles. The largest absolute Gasteiger partial charge is 0.298 e. The van der Waals surface area contributed by atoms with E-state index in [0.717, 1.165) is 0 Å². The molecule has 0 atom stereocenters. The van der Waals surface area contributed by atoms with Gasteiger partial charge in [0.15, 0.2) is 11.6 Å². The van der Waals surface area contributed by atoms with Crippen molar-refractivity contribution in [3.05, 3.63) is 35.9 Å². The smallest absolute Gasteiger partial charge is 0.272 e. The monoisotopic (exact) mass is 242 g/mol. The highest BCUT2D eigenvalue weighted by atomic mass is 32.2. The molecule has 0 spiro atoms. The molecule has 86 valence electrons. The third-order valence-electron chi connectivity index (χ3n) is 1.80. The minimum atomic E-state index is -4.35. The van der Waals surface area contributed by atoms with Crippen molar-refractivity contribution in [1.29, 1.82) is 0 Å². The Hall–Kier alpha value is -1.53. The van der Waals surface area contributed by atoms with E-state index in [0.29, 0.717) is 5.56 Å². The van der Waals surface area contributed by atoms with E-state index in [1.165, 1.54) is 12.1 Å². The van der Waals surface area contributed by atoms with Crippen molar-refractivity contribution < 1.29 is 22.6 Å². The third-order valence-corrected chi connectivity index (χ3v) is 2.48. The van der Waals surface area contributed by atoms with Crippen molar-refractivity contribution in [2.24, 2.45) is 0 Å². The molecule has 1 N–H and O–H groups in total. The van der Waals surface area contributed by atoms with Gasteiger partial charge in [-0.1, -0.05) is 30.3 Å². The minimum absolute atomic E-state index is 0.339. The van der Waals surface area contributed by atoms with Crippen LogP contribution in [0.2, 0.25) is 0 Å². The molecule has 0 fully saturated rings. The van der Waals surface area contributed by atoms with Crippen LogP contribution >= 0.6 is 0 Å². The second-order valence-corrected chi connectivity index (χ2v) is 4.68. The lowest BCUT2D eigenvalue weighted by molar-refractivity contribution is -0.115. The highest BCUT2D eigenvalue weighted by Gasteiger charge is 2.17.